The zero-order chi connectivity index (χ0) is 18.9. The highest BCUT2D eigenvalue weighted by Crippen LogP contribution is 2.36. The number of carboxylic acids is 1. The van der Waals surface area contributed by atoms with Crippen molar-refractivity contribution in [3.63, 3.8) is 0 Å². The first-order valence-corrected chi connectivity index (χ1v) is 9.30. The quantitative estimate of drug-likeness (QED) is 0.785. The van der Waals surface area contributed by atoms with Gasteiger partial charge in [-0.15, -0.1) is 0 Å². The molecular weight excluding hydrogens is 354 g/mol. The minimum Gasteiger partial charge on any atom is -0.497 e. The molecule has 0 saturated heterocycles. The van der Waals surface area contributed by atoms with E-state index in [0.29, 0.717) is 23.3 Å². The molecule has 26 heavy (non-hydrogen) atoms. The number of rotatable bonds is 5. The smallest absolute Gasteiger partial charge is 0.336 e. The summed E-state index contributed by atoms with van der Waals surface area (Å²) < 4.78 is 27.9. The molecule has 0 amide bonds. The van der Waals surface area contributed by atoms with Gasteiger partial charge in [-0.05, 0) is 59.0 Å². The number of fused-ring (bicyclic) bond motifs is 1. The van der Waals surface area contributed by atoms with Crippen molar-refractivity contribution in [3.8, 4) is 5.75 Å². The zero-order valence-electron chi connectivity index (χ0n) is 14.0. The molecule has 3 rings (SSSR count). The fourth-order valence-corrected chi connectivity index (χ4v) is 3.38. The molecule has 0 fully saturated rings. The molecule has 0 heterocycles. The van der Waals surface area contributed by atoms with Gasteiger partial charge in [0.2, 0.25) is 10.0 Å². The third kappa shape index (κ3) is 3.54. The lowest BCUT2D eigenvalue weighted by molar-refractivity contribution is -0.132. The van der Waals surface area contributed by atoms with Crippen LogP contribution in [-0.4, -0.2) is 26.6 Å². The minimum absolute atomic E-state index is 0.0262. The second-order valence-corrected chi connectivity index (χ2v) is 7.38. The summed E-state index contributed by atoms with van der Waals surface area (Å²) >= 11 is 0. The van der Waals surface area contributed by atoms with Crippen molar-refractivity contribution >= 4 is 27.6 Å². The number of hydrogen-bond donors (Lipinski definition) is 2. The normalized spacial score (nSPS) is 13.9. The molecule has 134 valence electrons. The molecule has 0 aliphatic heterocycles. The summed E-state index contributed by atoms with van der Waals surface area (Å²) in [5, 5.41) is 14.8. The van der Waals surface area contributed by atoms with Gasteiger partial charge in [-0.1, -0.05) is 24.3 Å². The fourth-order valence-electron chi connectivity index (χ4n) is 2.86. The summed E-state index contributed by atoms with van der Waals surface area (Å²) in [5.74, 6) is -0.416. The van der Waals surface area contributed by atoms with Gasteiger partial charge in [-0.2, -0.15) is 0 Å². The van der Waals surface area contributed by atoms with Crippen LogP contribution in [0.1, 0.15) is 16.7 Å². The molecule has 1 aliphatic carbocycles. The minimum atomic E-state index is -3.79. The summed E-state index contributed by atoms with van der Waals surface area (Å²) in [7, 11) is -2.23. The van der Waals surface area contributed by atoms with Gasteiger partial charge in [-0.25, -0.2) is 18.4 Å². The highest BCUT2D eigenvalue weighted by atomic mass is 32.2. The average Bonchev–Trinajstić information content (AvgIpc) is 3.01. The van der Waals surface area contributed by atoms with E-state index >= 15 is 0 Å². The maximum absolute atomic E-state index is 11.8. The number of hydrogen-bond acceptors (Lipinski definition) is 4. The SMILES string of the molecule is COc1ccc2c(c1)C(C(=Cc1ccc(S(N)(=O)=O)cc1)C(=O)O)=CC2. The number of primary sulfonamides is 1. The summed E-state index contributed by atoms with van der Waals surface area (Å²) in [4.78, 5) is 11.8. The molecule has 0 saturated carbocycles. The summed E-state index contributed by atoms with van der Waals surface area (Å²) in [6.45, 7) is 0. The summed E-state index contributed by atoms with van der Waals surface area (Å²) in [6, 6.07) is 11.3. The number of carbonyl (C=O) groups is 1. The van der Waals surface area contributed by atoms with Crippen molar-refractivity contribution in [2.24, 2.45) is 5.14 Å². The Labute approximate surface area is 151 Å². The zero-order valence-corrected chi connectivity index (χ0v) is 14.8. The van der Waals surface area contributed by atoms with Crippen LogP contribution in [0.15, 0.2) is 59.0 Å². The van der Waals surface area contributed by atoms with E-state index in [1.807, 2.05) is 24.3 Å². The predicted molar refractivity (Wildman–Crippen MR) is 98.1 cm³/mol. The molecule has 2 aromatic rings. The van der Waals surface area contributed by atoms with Gasteiger partial charge >= 0.3 is 5.97 Å². The lowest BCUT2D eigenvalue weighted by Gasteiger charge is -2.09. The highest BCUT2D eigenvalue weighted by molar-refractivity contribution is 7.89. The second-order valence-electron chi connectivity index (χ2n) is 5.82. The Morgan fingerprint density at radius 1 is 1.19 bits per heavy atom. The fraction of sp³-hybridized carbons (Fsp3) is 0.105. The number of aliphatic carboxylic acids is 1. The van der Waals surface area contributed by atoms with Gasteiger partial charge in [0, 0.05) is 0 Å². The highest BCUT2D eigenvalue weighted by Gasteiger charge is 2.22. The first kappa shape index (κ1) is 17.9. The molecule has 0 unspecified atom stereocenters. The molecule has 3 N–H and O–H groups in total. The Morgan fingerprint density at radius 2 is 1.88 bits per heavy atom. The summed E-state index contributed by atoms with van der Waals surface area (Å²) in [5.41, 5.74) is 3.14. The Bertz CT molecular complexity index is 1030. The molecule has 2 aromatic carbocycles. The van der Waals surface area contributed by atoms with E-state index in [4.69, 9.17) is 9.88 Å². The van der Waals surface area contributed by atoms with E-state index in [9.17, 15) is 18.3 Å². The van der Waals surface area contributed by atoms with E-state index in [1.165, 1.54) is 30.3 Å². The standard InChI is InChI=1S/C19H17NO5S/c1-25-14-6-4-13-5-9-16(17(13)11-14)18(19(21)22)10-12-2-7-15(8-3-12)26(20,23)24/h2-4,6-11H,5H2,1H3,(H,21,22)(H2,20,23,24). The second kappa shape index (κ2) is 6.78. The van der Waals surface area contributed by atoms with Crippen molar-refractivity contribution < 1.29 is 23.1 Å². The van der Waals surface area contributed by atoms with Crippen LogP contribution in [0.3, 0.4) is 0 Å². The Balaban J connectivity index is 2.02. The molecule has 0 radical (unpaired) electrons. The van der Waals surface area contributed by atoms with Crippen molar-refractivity contribution in [1.82, 2.24) is 0 Å². The average molecular weight is 371 g/mol. The third-order valence-corrected chi connectivity index (χ3v) is 5.10. The van der Waals surface area contributed by atoms with Crippen molar-refractivity contribution in [2.75, 3.05) is 7.11 Å². The molecule has 0 spiro atoms. The Hall–Kier alpha value is -2.90. The van der Waals surface area contributed by atoms with Crippen LogP contribution in [0.2, 0.25) is 0 Å². The number of carboxylic acid groups (broad SMARTS) is 1. The van der Waals surface area contributed by atoms with Gasteiger partial charge < -0.3 is 9.84 Å². The number of allylic oxidation sites excluding steroid dienone is 1. The monoisotopic (exact) mass is 371 g/mol. The Kier molecular flexibility index (Phi) is 4.67. The number of sulfonamides is 1. The molecular formula is C19H17NO5S. The number of methoxy groups -OCH3 is 1. The van der Waals surface area contributed by atoms with Crippen molar-refractivity contribution in [1.29, 1.82) is 0 Å². The van der Waals surface area contributed by atoms with E-state index < -0.39 is 16.0 Å². The van der Waals surface area contributed by atoms with Crippen LogP contribution >= 0.6 is 0 Å². The number of nitrogens with two attached hydrogens (primary N) is 1. The molecule has 0 atom stereocenters. The number of ether oxygens (including phenoxy) is 1. The van der Waals surface area contributed by atoms with Gasteiger partial charge in [0.1, 0.15) is 5.75 Å². The van der Waals surface area contributed by atoms with Crippen LogP contribution < -0.4 is 9.88 Å². The first-order chi connectivity index (χ1) is 12.3. The summed E-state index contributed by atoms with van der Waals surface area (Å²) in [6.07, 6.45) is 4.02. The topological polar surface area (TPSA) is 107 Å². The van der Waals surface area contributed by atoms with Crippen LogP contribution in [0.5, 0.6) is 5.75 Å². The lowest BCUT2D eigenvalue weighted by Crippen LogP contribution is -2.11. The van der Waals surface area contributed by atoms with Crippen molar-refractivity contribution in [3.05, 3.63) is 70.8 Å². The number of benzene rings is 2. The lowest BCUT2D eigenvalue weighted by atomic mass is 9.97. The van der Waals surface area contributed by atoms with Gasteiger partial charge in [0.25, 0.3) is 0 Å². The molecule has 1 aliphatic rings. The van der Waals surface area contributed by atoms with Crippen molar-refractivity contribution in [2.45, 2.75) is 11.3 Å². The largest absolute Gasteiger partial charge is 0.497 e. The van der Waals surface area contributed by atoms with E-state index in [2.05, 4.69) is 0 Å². The van der Waals surface area contributed by atoms with E-state index in [-0.39, 0.29) is 10.5 Å². The molecule has 0 bridgehead atoms. The maximum atomic E-state index is 11.8. The van der Waals surface area contributed by atoms with Gasteiger partial charge in [0.15, 0.2) is 0 Å². The molecule has 7 heteroatoms. The van der Waals surface area contributed by atoms with E-state index in [0.717, 1.165) is 11.1 Å². The third-order valence-electron chi connectivity index (χ3n) is 4.17. The predicted octanol–water partition coefficient (Wildman–Crippen LogP) is 2.45. The van der Waals surface area contributed by atoms with Gasteiger partial charge in [-0.3, -0.25) is 0 Å². The van der Waals surface area contributed by atoms with Gasteiger partial charge in [0.05, 0.1) is 17.6 Å². The van der Waals surface area contributed by atoms with Crippen LogP contribution in [0.4, 0.5) is 0 Å². The maximum Gasteiger partial charge on any atom is 0.336 e. The van der Waals surface area contributed by atoms with Crippen LogP contribution in [0, 0.1) is 0 Å². The first-order valence-electron chi connectivity index (χ1n) is 7.75. The van der Waals surface area contributed by atoms with Crippen LogP contribution in [0.25, 0.3) is 11.6 Å². The molecule has 6 nitrogen and oxygen atoms in total. The van der Waals surface area contributed by atoms with E-state index in [1.54, 1.807) is 7.11 Å². The molecule has 0 aromatic heterocycles. The Morgan fingerprint density at radius 3 is 2.46 bits per heavy atom. The van der Waals surface area contributed by atoms with Crippen LogP contribution in [-0.2, 0) is 21.2 Å².